The molecule has 0 amide bonds. The van der Waals surface area contributed by atoms with E-state index in [0.29, 0.717) is 40.8 Å². The molecule has 0 aliphatic heterocycles. The number of nitrogens with zero attached hydrogens (tertiary/aromatic N) is 8. The molecule has 1 aromatic carbocycles. The first-order valence-electron chi connectivity index (χ1n) is 10.8. The number of aryl methyl sites for hydroxylation is 1. The number of imidazole rings is 2. The number of rotatable bonds is 6. The van der Waals surface area contributed by atoms with Crippen molar-refractivity contribution >= 4 is 39.1 Å². The molecule has 0 fully saturated rings. The molecule has 0 saturated heterocycles. The maximum absolute atomic E-state index is 12.9. The summed E-state index contributed by atoms with van der Waals surface area (Å²) in [4.78, 5) is 41.9. The van der Waals surface area contributed by atoms with Crippen LogP contribution in [0.3, 0.4) is 0 Å². The van der Waals surface area contributed by atoms with E-state index in [1.54, 1.807) is 17.2 Å². The van der Waals surface area contributed by atoms with Crippen molar-refractivity contribution in [3.63, 3.8) is 0 Å². The molecule has 0 aliphatic carbocycles. The molecule has 35 heavy (non-hydrogen) atoms. The SMILES string of the molecule is CCn1c(=O)[nH]c(=O)c2c1nc(Cc1cn3cc(Cl)sc3n1)n2Cc1ccc(-n2cncn2)cc1. The third kappa shape index (κ3) is 3.76. The van der Waals surface area contributed by atoms with Gasteiger partial charge in [0.25, 0.3) is 5.56 Å². The predicted octanol–water partition coefficient (Wildman–Crippen LogP) is 2.49. The smallest absolute Gasteiger partial charge is 0.317 e. The van der Waals surface area contributed by atoms with Crippen molar-refractivity contribution in [2.24, 2.45) is 0 Å². The lowest BCUT2D eigenvalue weighted by Crippen LogP contribution is -2.30. The Morgan fingerprint density at radius 3 is 2.63 bits per heavy atom. The van der Waals surface area contributed by atoms with Crippen LogP contribution in [-0.4, -0.2) is 43.3 Å². The van der Waals surface area contributed by atoms with Crippen LogP contribution in [0.15, 0.2) is 58.9 Å². The van der Waals surface area contributed by atoms with Gasteiger partial charge in [0.05, 0.1) is 11.4 Å². The van der Waals surface area contributed by atoms with Gasteiger partial charge in [-0.2, -0.15) is 5.10 Å². The third-order valence-electron chi connectivity index (χ3n) is 5.76. The van der Waals surface area contributed by atoms with E-state index < -0.39 is 11.2 Å². The minimum atomic E-state index is -0.476. The van der Waals surface area contributed by atoms with Crippen LogP contribution in [0.25, 0.3) is 21.8 Å². The zero-order chi connectivity index (χ0) is 24.1. The van der Waals surface area contributed by atoms with Crippen LogP contribution in [0.5, 0.6) is 0 Å². The van der Waals surface area contributed by atoms with Crippen molar-refractivity contribution in [1.29, 1.82) is 0 Å². The quantitative estimate of drug-likeness (QED) is 0.370. The second-order valence-corrected chi connectivity index (χ2v) is 9.57. The summed E-state index contributed by atoms with van der Waals surface area (Å²) in [6.45, 7) is 2.62. The van der Waals surface area contributed by atoms with E-state index in [-0.39, 0.29) is 0 Å². The summed E-state index contributed by atoms with van der Waals surface area (Å²) in [6, 6.07) is 7.79. The molecule has 0 radical (unpaired) electrons. The molecule has 0 aliphatic rings. The van der Waals surface area contributed by atoms with Gasteiger partial charge in [-0.05, 0) is 24.6 Å². The Morgan fingerprint density at radius 1 is 1.09 bits per heavy atom. The summed E-state index contributed by atoms with van der Waals surface area (Å²) in [6.07, 6.45) is 7.19. The topological polar surface area (TPSA) is 121 Å². The van der Waals surface area contributed by atoms with Crippen LogP contribution in [0, 0.1) is 0 Å². The fourth-order valence-electron chi connectivity index (χ4n) is 4.16. The van der Waals surface area contributed by atoms with Crippen LogP contribution in [-0.2, 0) is 19.5 Å². The van der Waals surface area contributed by atoms with E-state index in [2.05, 4.69) is 20.1 Å². The number of hydrogen-bond donors (Lipinski definition) is 1. The van der Waals surface area contributed by atoms with E-state index >= 15 is 0 Å². The molecule has 176 valence electrons. The second kappa shape index (κ2) is 8.32. The fraction of sp³-hybridized carbons (Fsp3) is 0.182. The standard InChI is InChI=1S/C22H18ClN9O2S/c1-2-30-19-18(20(33)28-21(30)34)31(8-13-3-5-15(6-4-13)32-12-24-11-25-32)17(27-19)7-14-9-29-10-16(23)35-22(29)26-14/h3-6,9-12H,2,7-8H2,1H3,(H,28,33,34). The minimum Gasteiger partial charge on any atom is -0.317 e. The lowest BCUT2D eigenvalue weighted by Gasteiger charge is -2.10. The van der Waals surface area contributed by atoms with E-state index in [0.717, 1.165) is 21.9 Å². The molecule has 6 rings (SSSR count). The first kappa shape index (κ1) is 21.5. The summed E-state index contributed by atoms with van der Waals surface area (Å²) < 4.78 is 7.51. The molecule has 0 atom stereocenters. The molecule has 0 unspecified atom stereocenters. The molecular weight excluding hydrogens is 490 g/mol. The lowest BCUT2D eigenvalue weighted by molar-refractivity contribution is 0.717. The maximum Gasteiger partial charge on any atom is 0.330 e. The highest BCUT2D eigenvalue weighted by molar-refractivity contribution is 7.20. The normalized spacial score (nSPS) is 11.7. The van der Waals surface area contributed by atoms with E-state index in [4.69, 9.17) is 16.6 Å². The van der Waals surface area contributed by atoms with Gasteiger partial charge in [-0.25, -0.2) is 24.4 Å². The average Bonchev–Trinajstić information content (AvgIpc) is 3.60. The number of halogens is 1. The molecule has 0 spiro atoms. The molecule has 5 aromatic heterocycles. The van der Waals surface area contributed by atoms with E-state index in [1.807, 2.05) is 46.4 Å². The van der Waals surface area contributed by atoms with Gasteiger partial charge in [-0.1, -0.05) is 35.1 Å². The number of fused-ring (bicyclic) bond motifs is 2. The zero-order valence-electron chi connectivity index (χ0n) is 18.4. The monoisotopic (exact) mass is 507 g/mol. The van der Waals surface area contributed by atoms with Crippen molar-refractivity contribution in [1.82, 2.24) is 43.3 Å². The highest BCUT2D eigenvalue weighted by Gasteiger charge is 2.20. The predicted molar refractivity (Wildman–Crippen MR) is 132 cm³/mol. The van der Waals surface area contributed by atoms with Crippen LogP contribution < -0.4 is 11.2 Å². The Balaban J connectivity index is 1.45. The number of benzene rings is 1. The van der Waals surface area contributed by atoms with Gasteiger partial charge in [-0.15, -0.1) is 0 Å². The molecular formula is C22H18ClN9O2S. The number of aromatic amines is 1. The summed E-state index contributed by atoms with van der Waals surface area (Å²) in [7, 11) is 0. The number of thiazole rings is 1. The Hall–Kier alpha value is -4.03. The summed E-state index contributed by atoms with van der Waals surface area (Å²) in [5.41, 5.74) is 2.39. The van der Waals surface area contributed by atoms with Crippen molar-refractivity contribution in [2.45, 2.75) is 26.4 Å². The molecule has 0 bridgehead atoms. The van der Waals surface area contributed by atoms with Crippen LogP contribution in [0.4, 0.5) is 0 Å². The minimum absolute atomic E-state index is 0.353. The van der Waals surface area contributed by atoms with Gasteiger partial charge in [-0.3, -0.25) is 18.7 Å². The van der Waals surface area contributed by atoms with Gasteiger partial charge < -0.3 is 4.57 Å². The van der Waals surface area contributed by atoms with Gasteiger partial charge in [0.15, 0.2) is 16.1 Å². The van der Waals surface area contributed by atoms with Crippen molar-refractivity contribution in [3.05, 3.63) is 91.6 Å². The van der Waals surface area contributed by atoms with Crippen molar-refractivity contribution in [2.75, 3.05) is 0 Å². The average molecular weight is 508 g/mol. The van der Waals surface area contributed by atoms with Crippen LogP contribution in [0.1, 0.15) is 24.0 Å². The molecule has 1 N–H and O–H groups in total. The Labute approximate surface area is 205 Å². The van der Waals surface area contributed by atoms with E-state index in [9.17, 15) is 9.59 Å². The van der Waals surface area contributed by atoms with Crippen LogP contribution >= 0.6 is 22.9 Å². The molecule has 5 heterocycles. The number of nitrogens with one attached hydrogen (secondary N) is 1. The molecule has 6 aromatic rings. The zero-order valence-corrected chi connectivity index (χ0v) is 20.0. The number of H-pyrrole nitrogens is 1. The lowest BCUT2D eigenvalue weighted by atomic mass is 10.2. The van der Waals surface area contributed by atoms with Gasteiger partial charge >= 0.3 is 5.69 Å². The largest absolute Gasteiger partial charge is 0.330 e. The van der Waals surface area contributed by atoms with E-state index in [1.165, 1.54) is 22.2 Å². The van der Waals surface area contributed by atoms with Crippen molar-refractivity contribution in [3.8, 4) is 5.69 Å². The Kier molecular flexibility index (Phi) is 5.11. The fourth-order valence-corrected chi connectivity index (χ4v) is 5.18. The molecule has 13 heteroatoms. The summed E-state index contributed by atoms with van der Waals surface area (Å²) in [5, 5.41) is 4.15. The first-order valence-corrected chi connectivity index (χ1v) is 12.0. The highest BCUT2D eigenvalue weighted by Crippen LogP contribution is 2.24. The summed E-state index contributed by atoms with van der Waals surface area (Å²) in [5.74, 6) is 0.635. The Bertz CT molecular complexity index is 1760. The number of hydrogen-bond acceptors (Lipinski definition) is 7. The highest BCUT2D eigenvalue weighted by atomic mass is 35.5. The number of aromatic nitrogens is 9. The third-order valence-corrected chi connectivity index (χ3v) is 6.87. The Morgan fingerprint density at radius 2 is 1.91 bits per heavy atom. The molecule has 0 saturated carbocycles. The molecule has 11 nitrogen and oxygen atoms in total. The maximum atomic E-state index is 12.9. The van der Waals surface area contributed by atoms with Gasteiger partial charge in [0.2, 0.25) is 0 Å². The van der Waals surface area contributed by atoms with Crippen molar-refractivity contribution < 1.29 is 0 Å². The first-order chi connectivity index (χ1) is 17.0. The van der Waals surface area contributed by atoms with Gasteiger partial charge in [0, 0.05) is 31.9 Å². The van der Waals surface area contributed by atoms with Gasteiger partial charge in [0.1, 0.15) is 22.8 Å². The van der Waals surface area contributed by atoms with Crippen LogP contribution in [0.2, 0.25) is 4.34 Å². The second-order valence-electron chi connectivity index (χ2n) is 7.93. The summed E-state index contributed by atoms with van der Waals surface area (Å²) >= 11 is 7.46.